The lowest BCUT2D eigenvalue weighted by Gasteiger charge is -2.25. The van der Waals surface area contributed by atoms with E-state index in [0.29, 0.717) is 6.04 Å². The Kier molecular flexibility index (Phi) is 20.8. The molecule has 0 amide bonds. The third-order valence-electron chi connectivity index (χ3n) is 5.41. The van der Waals surface area contributed by atoms with Gasteiger partial charge in [0.2, 0.25) is 0 Å². The number of rotatable bonds is 21. The standard InChI is InChI=1S/C22H51N3OSi/c1-6-11-20-26-27-21-19-25(16-12-14-23-22(8-3)9-4)18-13-17-24(10-5)15-7-2/h22-23H,6-21,27H2,1-5H3. The van der Waals surface area contributed by atoms with Crippen molar-refractivity contribution in [1.82, 2.24) is 15.1 Å². The molecule has 0 radical (unpaired) electrons. The molecule has 0 heterocycles. The molecule has 0 saturated carbocycles. The Morgan fingerprint density at radius 1 is 0.778 bits per heavy atom. The van der Waals surface area contributed by atoms with Gasteiger partial charge in [0.25, 0.3) is 0 Å². The van der Waals surface area contributed by atoms with Gasteiger partial charge in [-0.1, -0.05) is 41.0 Å². The van der Waals surface area contributed by atoms with Crippen molar-refractivity contribution in [3.8, 4) is 0 Å². The molecule has 0 aromatic rings. The van der Waals surface area contributed by atoms with E-state index in [2.05, 4.69) is 49.7 Å². The van der Waals surface area contributed by atoms with Gasteiger partial charge >= 0.3 is 0 Å². The van der Waals surface area contributed by atoms with Crippen LogP contribution in [-0.2, 0) is 4.43 Å². The molecule has 0 saturated heterocycles. The maximum Gasteiger partial charge on any atom is 0.162 e. The van der Waals surface area contributed by atoms with Gasteiger partial charge in [-0.15, -0.1) is 0 Å². The van der Waals surface area contributed by atoms with Crippen LogP contribution in [0.4, 0.5) is 0 Å². The maximum absolute atomic E-state index is 5.89. The Morgan fingerprint density at radius 2 is 1.48 bits per heavy atom. The summed E-state index contributed by atoms with van der Waals surface area (Å²) in [6.45, 7) is 20.9. The lowest BCUT2D eigenvalue weighted by atomic mass is 10.2. The Morgan fingerprint density at radius 3 is 2.11 bits per heavy atom. The van der Waals surface area contributed by atoms with E-state index >= 15 is 0 Å². The molecule has 5 heteroatoms. The lowest BCUT2D eigenvalue weighted by molar-refractivity contribution is 0.232. The van der Waals surface area contributed by atoms with Crippen LogP contribution in [0, 0.1) is 0 Å². The Hall–Kier alpha value is 0.0569. The normalized spacial score (nSPS) is 12.4. The van der Waals surface area contributed by atoms with Crippen molar-refractivity contribution in [3.63, 3.8) is 0 Å². The lowest BCUT2D eigenvalue weighted by Crippen LogP contribution is -2.34. The summed E-state index contributed by atoms with van der Waals surface area (Å²) < 4.78 is 5.89. The van der Waals surface area contributed by atoms with Gasteiger partial charge in [-0.2, -0.15) is 0 Å². The molecule has 0 bridgehead atoms. The third-order valence-corrected chi connectivity index (χ3v) is 6.59. The zero-order valence-electron chi connectivity index (χ0n) is 19.4. The fraction of sp³-hybridized carbons (Fsp3) is 1.00. The van der Waals surface area contributed by atoms with Crippen molar-refractivity contribution < 1.29 is 4.43 Å². The molecule has 164 valence electrons. The molecule has 0 unspecified atom stereocenters. The summed E-state index contributed by atoms with van der Waals surface area (Å²) in [6, 6.07) is 2.00. The van der Waals surface area contributed by atoms with E-state index in [1.165, 1.54) is 90.3 Å². The number of unbranched alkanes of at least 4 members (excludes halogenated alkanes) is 1. The van der Waals surface area contributed by atoms with Gasteiger partial charge in [0.15, 0.2) is 9.76 Å². The van der Waals surface area contributed by atoms with Gasteiger partial charge in [-0.3, -0.25) is 0 Å². The summed E-state index contributed by atoms with van der Waals surface area (Å²) >= 11 is 0. The van der Waals surface area contributed by atoms with Crippen LogP contribution < -0.4 is 5.32 Å². The first-order chi connectivity index (χ1) is 13.2. The van der Waals surface area contributed by atoms with Crippen molar-refractivity contribution in [3.05, 3.63) is 0 Å². The molecule has 1 N–H and O–H groups in total. The molecule has 27 heavy (non-hydrogen) atoms. The topological polar surface area (TPSA) is 27.7 Å². The molecule has 0 aliphatic rings. The molecule has 0 aliphatic carbocycles. The highest BCUT2D eigenvalue weighted by molar-refractivity contribution is 6.27. The van der Waals surface area contributed by atoms with E-state index in [0.717, 1.165) is 13.2 Å². The second kappa shape index (κ2) is 20.8. The molecule has 0 aliphatic heterocycles. The van der Waals surface area contributed by atoms with E-state index in [1.807, 2.05) is 0 Å². The number of hydrogen-bond donors (Lipinski definition) is 1. The third kappa shape index (κ3) is 16.7. The second-order valence-electron chi connectivity index (χ2n) is 7.77. The molecule has 0 aromatic heterocycles. The van der Waals surface area contributed by atoms with E-state index in [9.17, 15) is 0 Å². The molecule has 0 spiro atoms. The monoisotopic (exact) mass is 401 g/mol. The first-order valence-electron chi connectivity index (χ1n) is 12.0. The van der Waals surface area contributed by atoms with Crippen LogP contribution >= 0.6 is 0 Å². The minimum absolute atomic E-state index is 0.320. The fourth-order valence-corrected chi connectivity index (χ4v) is 4.71. The van der Waals surface area contributed by atoms with Crippen LogP contribution in [-0.4, -0.2) is 78.0 Å². The summed E-state index contributed by atoms with van der Waals surface area (Å²) in [7, 11) is -0.320. The minimum atomic E-state index is -0.320. The molecular weight excluding hydrogens is 350 g/mol. The van der Waals surface area contributed by atoms with Gasteiger partial charge < -0.3 is 19.5 Å². The predicted octanol–water partition coefficient (Wildman–Crippen LogP) is 3.90. The zero-order valence-corrected chi connectivity index (χ0v) is 20.8. The number of nitrogens with one attached hydrogen (secondary N) is 1. The Balaban J connectivity index is 4.11. The van der Waals surface area contributed by atoms with Gasteiger partial charge in [0.1, 0.15) is 0 Å². The van der Waals surface area contributed by atoms with E-state index in [4.69, 9.17) is 4.43 Å². The van der Waals surface area contributed by atoms with Crippen molar-refractivity contribution in [2.45, 2.75) is 91.7 Å². The van der Waals surface area contributed by atoms with Crippen molar-refractivity contribution >= 4 is 9.76 Å². The molecule has 0 aromatic carbocycles. The summed E-state index contributed by atoms with van der Waals surface area (Å²) in [5, 5.41) is 3.71. The fourth-order valence-electron chi connectivity index (χ4n) is 3.52. The highest BCUT2D eigenvalue weighted by Gasteiger charge is 2.08. The van der Waals surface area contributed by atoms with Crippen LogP contribution in [0.3, 0.4) is 0 Å². The second-order valence-corrected chi connectivity index (χ2v) is 9.29. The van der Waals surface area contributed by atoms with Crippen molar-refractivity contribution in [1.29, 1.82) is 0 Å². The summed E-state index contributed by atoms with van der Waals surface area (Å²) in [5.41, 5.74) is 0. The van der Waals surface area contributed by atoms with Gasteiger partial charge in [-0.25, -0.2) is 0 Å². The first-order valence-corrected chi connectivity index (χ1v) is 13.5. The van der Waals surface area contributed by atoms with E-state index < -0.39 is 0 Å². The maximum atomic E-state index is 5.89. The van der Waals surface area contributed by atoms with E-state index in [-0.39, 0.29) is 9.76 Å². The average molecular weight is 402 g/mol. The van der Waals surface area contributed by atoms with Crippen LogP contribution in [0.5, 0.6) is 0 Å². The smallest absolute Gasteiger partial charge is 0.162 e. The first kappa shape index (κ1) is 27.1. The molecule has 0 atom stereocenters. The van der Waals surface area contributed by atoms with Crippen LogP contribution in [0.25, 0.3) is 0 Å². The van der Waals surface area contributed by atoms with Gasteiger partial charge in [0.05, 0.1) is 0 Å². The quantitative estimate of drug-likeness (QED) is 0.233. The largest absolute Gasteiger partial charge is 0.424 e. The summed E-state index contributed by atoms with van der Waals surface area (Å²) in [6.07, 6.45) is 8.78. The molecule has 0 fully saturated rings. The number of hydrogen-bond acceptors (Lipinski definition) is 4. The van der Waals surface area contributed by atoms with Crippen LogP contribution in [0.1, 0.15) is 79.6 Å². The van der Waals surface area contributed by atoms with Crippen LogP contribution in [0.2, 0.25) is 6.04 Å². The van der Waals surface area contributed by atoms with Gasteiger partial charge in [0, 0.05) is 12.6 Å². The summed E-state index contributed by atoms with van der Waals surface area (Å²) in [5.74, 6) is 0. The zero-order chi connectivity index (χ0) is 20.2. The average Bonchev–Trinajstić information content (AvgIpc) is 2.69. The highest BCUT2D eigenvalue weighted by atomic mass is 28.2. The van der Waals surface area contributed by atoms with Gasteiger partial charge in [-0.05, 0) is 90.4 Å². The number of nitrogens with zero attached hydrogens (tertiary/aromatic N) is 2. The van der Waals surface area contributed by atoms with Crippen LogP contribution in [0.15, 0.2) is 0 Å². The predicted molar refractivity (Wildman–Crippen MR) is 125 cm³/mol. The summed E-state index contributed by atoms with van der Waals surface area (Å²) in [4.78, 5) is 5.29. The Labute approximate surface area is 173 Å². The molecule has 4 nitrogen and oxygen atoms in total. The molecule has 0 rings (SSSR count). The highest BCUT2D eigenvalue weighted by Crippen LogP contribution is 2.02. The molecular formula is C22H51N3OSi. The van der Waals surface area contributed by atoms with E-state index in [1.54, 1.807) is 0 Å². The van der Waals surface area contributed by atoms with Crippen molar-refractivity contribution in [2.24, 2.45) is 0 Å². The minimum Gasteiger partial charge on any atom is -0.424 e. The van der Waals surface area contributed by atoms with Crippen molar-refractivity contribution in [2.75, 3.05) is 52.4 Å². The Bertz CT molecular complexity index is 291. The SMILES string of the molecule is CCCCO[SiH2]CCN(CCCNC(CC)CC)CCCN(CC)CCC.